The van der Waals surface area contributed by atoms with Crippen LogP contribution in [0, 0.1) is 23.7 Å². The summed E-state index contributed by atoms with van der Waals surface area (Å²) in [6.07, 6.45) is -1.31. The smallest absolute Gasteiger partial charge is 0.338 e. The van der Waals surface area contributed by atoms with Crippen LogP contribution in [0.4, 0.5) is 13.2 Å². The number of rotatable bonds is 3. The van der Waals surface area contributed by atoms with E-state index in [2.05, 4.69) is 13.5 Å². The molecule has 5 rings (SSSR count). The normalized spacial score (nSPS) is 53.2. The van der Waals surface area contributed by atoms with Crippen LogP contribution in [0.15, 0.2) is 12.7 Å². The molecule has 5 fully saturated rings. The van der Waals surface area contributed by atoms with Crippen molar-refractivity contribution in [2.45, 2.75) is 75.7 Å². The third kappa shape index (κ3) is 2.23. The van der Waals surface area contributed by atoms with Crippen LogP contribution in [0.25, 0.3) is 0 Å². The third-order valence-electron chi connectivity index (χ3n) is 7.27. The maximum atomic E-state index is 14.2. The molecular weight excluding hydrogens is 349 g/mol. The Morgan fingerprint density at radius 1 is 1.15 bits per heavy atom. The molecule has 2 saturated carbocycles. The zero-order valence-electron chi connectivity index (χ0n) is 15.5. The van der Waals surface area contributed by atoms with E-state index in [0.29, 0.717) is 18.8 Å². The number of halogens is 3. The molecule has 26 heavy (non-hydrogen) atoms. The summed E-state index contributed by atoms with van der Waals surface area (Å²) < 4.78 is 53.8. The van der Waals surface area contributed by atoms with Crippen molar-refractivity contribution in [3.63, 3.8) is 0 Å². The van der Waals surface area contributed by atoms with Crippen LogP contribution in [0.1, 0.15) is 46.5 Å². The fraction of sp³-hybridized carbons (Fsp3) is 0.895. The Morgan fingerprint density at radius 3 is 2.54 bits per heavy atom. The SMILES string of the molecule is C=CCO[C@@]1(C(F)(F)F)O[C@@H]2C[C@@]3(C)C[C@H]4[C@H](C)CC[C@@H]([C@H]1C)[C@@]24OO3. The average Bonchev–Trinajstić information content (AvgIpc) is 2.56. The van der Waals surface area contributed by atoms with E-state index in [-0.39, 0.29) is 18.4 Å². The van der Waals surface area contributed by atoms with Gasteiger partial charge in [0.2, 0.25) is 0 Å². The molecule has 0 aromatic rings. The van der Waals surface area contributed by atoms with Gasteiger partial charge in [0, 0.05) is 18.3 Å². The summed E-state index contributed by atoms with van der Waals surface area (Å²) in [6, 6.07) is 0. The largest absolute Gasteiger partial charge is 0.443 e. The van der Waals surface area contributed by atoms with Crippen LogP contribution in [0.5, 0.6) is 0 Å². The molecule has 7 heteroatoms. The van der Waals surface area contributed by atoms with Gasteiger partial charge in [-0.05, 0) is 38.0 Å². The fourth-order valence-corrected chi connectivity index (χ4v) is 6.06. The Kier molecular flexibility index (Phi) is 4.10. The van der Waals surface area contributed by atoms with Gasteiger partial charge in [0.05, 0.1) is 12.7 Å². The number of ether oxygens (including phenoxy) is 2. The molecule has 148 valence electrons. The van der Waals surface area contributed by atoms with Crippen LogP contribution >= 0.6 is 0 Å². The molecule has 0 unspecified atom stereocenters. The van der Waals surface area contributed by atoms with Crippen molar-refractivity contribution in [2.75, 3.05) is 6.61 Å². The van der Waals surface area contributed by atoms with Gasteiger partial charge in [-0.3, -0.25) is 0 Å². The minimum atomic E-state index is -4.64. The molecule has 3 heterocycles. The van der Waals surface area contributed by atoms with Crippen LogP contribution in [0.2, 0.25) is 0 Å². The molecule has 3 saturated heterocycles. The van der Waals surface area contributed by atoms with Gasteiger partial charge in [-0.2, -0.15) is 13.2 Å². The van der Waals surface area contributed by atoms with Gasteiger partial charge in [0.1, 0.15) is 11.2 Å². The molecule has 0 amide bonds. The van der Waals surface area contributed by atoms with Crippen LogP contribution in [0.3, 0.4) is 0 Å². The molecule has 5 aliphatic rings. The van der Waals surface area contributed by atoms with Gasteiger partial charge in [-0.25, -0.2) is 9.78 Å². The standard InChI is InChI=1S/C19H27F3O4/c1-5-8-23-18(19(20,21)22)12(3)13-7-6-11(2)14-9-16(4)10-15(24-18)17(13,14)26-25-16/h5,11-15H,1,6-10H2,2-4H3/t11-,12-,13+,14+,15-,16-,17+,18-/m1/s1. The van der Waals surface area contributed by atoms with E-state index in [4.69, 9.17) is 19.2 Å². The Morgan fingerprint density at radius 2 is 1.88 bits per heavy atom. The predicted molar refractivity (Wildman–Crippen MR) is 86.9 cm³/mol. The van der Waals surface area contributed by atoms with E-state index in [0.717, 1.165) is 12.8 Å². The Balaban J connectivity index is 1.81. The van der Waals surface area contributed by atoms with Crippen molar-refractivity contribution >= 4 is 0 Å². The van der Waals surface area contributed by atoms with E-state index < -0.39 is 35.2 Å². The van der Waals surface area contributed by atoms with Crippen LogP contribution in [-0.4, -0.2) is 35.9 Å². The van der Waals surface area contributed by atoms with Gasteiger partial charge < -0.3 is 9.47 Å². The van der Waals surface area contributed by atoms with E-state index in [1.165, 1.54) is 6.08 Å². The van der Waals surface area contributed by atoms with E-state index in [1.54, 1.807) is 6.92 Å². The predicted octanol–water partition coefficient (Wildman–Crippen LogP) is 4.40. The van der Waals surface area contributed by atoms with Gasteiger partial charge in [-0.1, -0.05) is 19.9 Å². The second-order valence-electron chi connectivity index (χ2n) is 8.81. The highest BCUT2D eigenvalue weighted by atomic mass is 19.4. The summed E-state index contributed by atoms with van der Waals surface area (Å²) in [6.45, 7) is 8.90. The second kappa shape index (κ2) is 5.69. The van der Waals surface area contributed by atoms with E-state index >= 15 is 0 Å². The highest BCUT2D eigenvalue weighted by Crippen LogP contribution is 2.66. The first-order valence-electron chi connectivity index (χ1n) is 9.46. The Labute approximate surface area is 151 Å². The first-order valence-corrected chi connectivity index (χ1v) is 9.46. The molecule has 0 radical (unpaired) electrons. The monoisotopic (exact) mass is 376 g/mol. The zero-order chi connectivity index (χ0) is 19.0. The molecule has 2 bridgehead atoms. The van der Waals surface area contributed by atoms with Crippen molar-refractivity contribution in [2.24, 2.45) is 23.7 Å². The number of alkyl halides is 3. The molecule has 0 aromatic carbocycles. The number of fused-ring (bicyclic) bond motifs is 1. The number of hydrogen-bond acceptors (Lipinski definition) is 4. The Bertz CT molecular complexity index is 596. The summed E-state index contributed by atoms with van der Waals surface area (Å²) >= 11 is 0. The first kappa shape index (κ1) is 18.7. The van der Waals surface area contributed by atoms with Crippen molar-refractivity contribution in [3.8, 4) is 0 Å². The maximum absolute atomic E-state index is 14.2. The zero-order valence-corrected chi connectivity index (χ0v) is 15.5. The molecule has 0 N–H and O–H groups in total. The fourth-order valence-electron chi connectivity index (χ4n) is 6.06. The summed E-state index contributed by atoms with van der Waals surface area (Å²) in [5.41, 5.74) is -1.44. The van der Waals surface area contributed by atoms with E-state index in [9.17, 15) is 13.2 Å². The molecule has 8 atom stereocenters. The molecule has 1 spiro atoms. The van der Waals surface area contributed by atoms with Crippen molar-refractivity contribution in [1.29, 1.82) is 0 Å². The summed E-state index contributed by atoms with van der Waals surface area (Å²) in [5, 5.41) is 0. The minimum absolute atomic E-state index is 0.131. The van der Waals surface area contributed by atoms with E-state index in [1.807, 2.05) is 6.92 Å². The van der Waals surface area contributed by atoms with Crippen molar-refractivity contribution in [3.05, 3.63) is 12.7 Å². The Hall–Kier alpha value is -0.630. The third-order valence-corrected chi connectivity index (χ3v) is 7.27. The van der Waals surface area contributed by atoms with Crippen LogP contribution < -0.4 is 0 Å². The van der Waals surface area contributed by atoms with Gasteiger partial charge in [0.15, 0.2) is 0 Å². The molecular formula is C19H27F3O4. The van der Waals surface area contributed by atoms with Gasteiger partial charge in [0.25, 0.3) is 5.79 Å². The second-order valence-corrected chi connectivity index (χ2v) is 8.81. The lowest BCUT2D eigenvalue weighted by Crippen LogP contribution is -2.79. The molecule has 3 aliphatic heterocycles. The van der Waals surface area contributed by atoms with Gasteiger partial charge in [-0.15, -0.1) is 6.58 Å². The molecule has 4 nitrogen and oxygen atoms in total. The summed E-state index contributed by atoms with van der Waals surface area (Å²) in [7, 11) is 0. The highest BCUT2D eigenvalue weighted by molar-refractivity contribution is 5.18. The molecule has 2 aliphatic carbocycles. The summed E-state index contributed by atoms with van der Waals surface area (Å²) in [4.78, 5) is 11.6. The average molecular weight is 376 g/mol. The topological polar surface area (TPSA) is 36.9 Å². The quantitative estimate of drug-likeness (QED) is 0.541. The minimum Gasteiger partial charge on any atom is -0.338 e. The first-order chi connectivity index (χ1) is 12.1. The lowest BCUT2D eigenvalue weighted by Gasteiger charge is -2.69. The lowest BCUT2D eigenvalue weighted by atomic mass is 9.50. The molecule has 0 aromatic heterocycles. The van der Waals surface area contributed by atoms with Crippen molar-refractivity contribution < 1.29 is 32.4 Å². The van der Waals surface area contributed by atoms with Gasteiger partial charge >= 0.3 is 6.18 Å². The van der Waals surface area contributed by atoms with Crippen LogP contribution in [-0.2, 0) is 19.2 Å². The van der Waals surface area contributed by atoms with Crippen molar-refractivity contribution in [1.82, 2.24) is 0 Å². The number of hydrogen-bond donors (Lipinski definition) is 0. The lowest BCUT2D eigenvalue weighted by molar-refractivity contribution is -0.557. The maximum Gasteiger partial charge on any atom is 0.443 e. The summed E-state index contributed by atoms with van der Waals surface area (Å²) in [5.74, 6) is -3.38. The highest BCUT2D eigenvalue weighted by Gasteiger charge is 2.77.